The minimum absolute atomic E-state index is 0.00910. The van der Waals surface area contributed by atoms with Gasteiger partial charge < -0.3 is 4.74 Å². The predicted molar refractivity (Wildman–Crippen MR) is 62.0 cm³/mol. The smallest absolute Gasteiger partial charge is 0.328 e. The monoisotopic (exact) mass is 246 g/mol. The van der Waals surface area contributed by atoms with E-state index < -0.39 is 11.2 Å². The first-order valence-electron chi connectivity index (χ1n) is 4.90. The first kappa shape index (κ1) is 13.0. The molecule has 0 saturated heterocycles. The van der Waals surface area contributed by atoms with E-state index in [0.717, 1.165) is 0 Å². The van der Waals surface area contributed by atoms with Gasteiger partial charge in [-0.25, -0.2) is 4.79 Å². The van der Waals surface area contributed by atoms with Crippen molar-refractivity contribution in [1.82, 2.24) is 9.55 Å². The molecule has 0 aliphatic rings. The van der Waals surface area contributed by atoms with E-state index in [1.807, 2.05) is 13.8 Å². The van der Waals surface area contributed by atoms with Crippen LogP contribution in [0.4, 0.5) is 0 Å². The summed E-state index contributed by atoms with van der Waals surface area (Å²) < 4.78 is 6.60. The van der Waals surface area contributed by atoms with Gasteiger partial charge in [0, 0.05) is 19.9 Å². The van der Waals surface area contributed by atoms with Crippen molar-refractivity contribution in [3.05, 3.63) is 32.1 Å². The van der Waals surface area contributed by atoms with Crippen LogP contribution in [0.15, 0.2) is 15.8 Å². The molecule has 6 heteroatoms. The van der Waals surface area contributed by atoms with Gasteiger partial charge in [-0.05, 0) is 20.3 Å². The summed E-state index contributed by atoms with van der Waals surface area (Å²) in [5.41, 5.74) is -1.34. The Hall–Kier alpha value is -1.07. The highest BCUT2D eigenvalue weighted by Crippen LogP contribution is 2.13. The molecule has 5 nitrogen and oxygen atoms in total. The van der Waals surface area contributed by atoms with Crippen LogP contribution < -0.4 is 11.2 Å². The van der Waals surface area contributed by atoms with Crippen molar-refractivity contribution in [1.29, 1.82) is 0 Å². The molecule has 0 radical (unpaired) electrons. The summed E-state index contributed by atoms with van der Waals surface area (Å²) in [4.78, 5) is 24.6. The van der Waals surface area contributed by atoms with Crippen molar-refractivity contribution in [3.8, 4) is 0 Å². The van der Waals surface area contributed by atoms with E-state index in [9.17, 15) is 9.59 Å². The van der Waals surface area contributed by atoms with E-state index in [-0.39, 0.29) is 10.6 Å². The molecule has 0 saturated carbocycles. The maximum absolute atomic E-state index is 11.4. The van der Waals surface area contributed by atoms with Gasteiger partial charge in [0.05, 0.1) is 5.60 Å². The Morgan fingerprint density at radius 2 is 2.12 bits per heavy atom. The Bertz CT molecular complexity index is 476. The van der Waals surface area contributed by atoms with Crippen molar-refractivity contribution in [3.63, 3.8) is 0 Å². The Labute approximate surface area is 98.0 Å². The van der Waals surface area contributed by atoms with Gasteiger partial charge >= 0.3 is 5.69 Å². The molecule has 0 spiro atoms. The molecule has 0 fully saturated rings. The second-order valence-electron chi connectivity index (χ2n) is 4.14. The quantitative estimate of drug-likeness (QED) is 0.862. The summed E-state index contributed by atoms with van der Waals surface area (Å²) in [6, 6.07) is 0. The van der Waals surface area contributed by atoms with Crippen molar-refractivity contribution in [2.24, 2.45) is 0 Å². The van der Waals surface area contributed by atoms with Crippen molar-refractivity contribution >= 4 is 11.6 Å². The number of hydrogen-bond donors (Lipinski definition) is 1. The lowest BCUT2D eigenvalue weighted by molar-refractivity contribution is 0.0118. The molecule has 1 N–H and O–H groups in total. The normalized spacial score (nSPS) is 11.8. The van der Waals surface area contributed by atoms with E-state index in [0.29, 0.717) is 13.0 Å². The third kappa shape index (κ3) is 3.21. The van der Waals surface area contributed by atoms with E-state index in [2.05, 4.69) is 4.98 Å². The second kappa shape index (κ2) is 4.84. The third-order valence-electron chi connectivity index (χ3n) is 2.47. The van der Waals surface area contributed by atoms with E-state index in [1.165, 1.54) is 10.8 Å². The highest BCUT2D eigenvalue weighted by molar-refractivity contribution is 6.30. The SMILES string of the molecule is COC(C)(C)CCn1cc(Cl)c(=O)[nH]c1=O. The van der Waals surface area contributed by atoms with Gasteiger partial charge in [-0.3, -0.25) is 14.3 Å². The fourth-order valence-electron chi connectivity index (χ4n) is 1.14. The average Bonchev–Trinajstić information content (AvgIpc) is 2.22. The zero-order valence-electron chi connectivity index (χ0n) is 9.54. The number of aromatic amines is 1. The highest BCUT2D eigenvalue weighted by Gasteiger charge is 2.16. The number of halogens is 1. The van der Waals surface area contributed by atoms with Crippen LogP contribution in [0.25, 0.3) is 0 Å². The Morgan fingerprint density at radius 1 is 1.50 bits per heavy atom. The number of rotatable bonds is 4. The number of methoxy groups -OCH3 is 1. The van der Waals surface area contributed by atoms with Crippen LogP contribution in [0, 0.1) is 0 Å². The molecular weight excluding hydrogens is 232 g/mol. The number of hydrogen-bond acceptors (Lipinski definition) is 3. The summed E-state index contributed by atoms with van der Waals surface area (Å²) in [7, 11) is 1.61. The van der Waals surface area contributed by atoms with Crippen molar-refractivity contribution in [2.75, 3.05) is 7.11 Å². The highest BCUT2D eigenvalue weighted by atomic mass is 35.5. The molecule has 1 heterocycles. The molecule has 90 valence electrons. The van der Waals surface area contributed by atoms with Gasteiger partial charge in [-0.15, -0.1) is 0 Å². The van der Waals surface area contributed by atoms with Crippen LogP contribution in [-0.4, -0.2) is 22.3 Å². The van der Waals surface area contributed by atoms with Crippen molar-refractivity contribution in [2.45, 2.75) is 32.4 Å². The predicted octanol–water partition coefficient (Wildman–Crippen LogP) is 1.01. The lowest BCUT2D eigenvalue weighted by Crippen LogP contribution is -2.32. The third-order valence-corrected chi connectivity index (χ3v) is 2.74. The molecule has 0 aliphatic carbocycles. The lowest BCUT2D eigenvalue weighted by Gasteiger charge is -2.22. The van der Waals surface area contributed by atoms with Crippen LogP contribution in [-0.2, 0) is 11.3 Å². The molecule has 1 aromatic heterocycles. The van der Waals surface area contributed by atoms with Crippen LogP contribution in [0.2, 0.25) is 5.02 Å². The fraction of sp³-hybridized carbons (Fsp3) is 0.600. The first-order chi connectivity index (χ1) is 7.35. The molecule has 0 aromatic carbocycles. The van der Waals surface area contributed by atoms with E-state index >= 15 is 0 Å². The number of aromatic nitrogens is 2. The summed E-state index contributed by atoms with van der Waals surface area (Å²) >= 11 is 5.63. The summed E-state index contributed by atoms with van der Waals surface area (Å²) in [6.45, 7) is 4.28. The van der Waals surface area contributed by atoms with Crippen LogP contribution in [0.3, 0.4) is 0 Å². The number of nitrogens with one attached hydrogen (secondary N) is 1. The van der Waals surface area contributed by atoms with Crippen LogP contribution in [0.5, 0.6) is 0 Å². The molecule has 1 aromatic rings. The van der Waals surface area contributed by atoms with E-state index in [1.54, 1.807) is 7.11 Å². The number of ether oxygens (including phenoxy) is 1. The minimum atomic E-state index is -0.561. The van der Waals surface area contributed by atoms with Gasteiger partial charge in [0.15, 0.2) is 0 Å². The second-order valence-corrected chi connectivity index (χ2v) is 4.55. The van der Waals surface area contributed by atoms with Gasteiger partial charge in [0.2, 0.25) is 0 Å². The van der Waals surface area contributed by atoms with Gasteiger partial charge in [-0.1, -0.05) is 11.6 Å². The molecule has 0 atom stereocenters. The summed E-state index contributed by atoms with van der Waals surface area (Å²) in [6.07, 6.45) is 1.99. The Balaban J connectivity index is 2.87. The number of aryl methyl sites for hydroxylation is 1. The van der Waals surface area contributed by atoms with Gasteiger partial charge in [0.25, 0.3) is 5.56 Å². The maximum atomic E-state index is 11.4. The zero-order chi connectivity index (χ0) is 12.3. The number of H-pyrrole nitrogens is 1. The molecule has 0 amide bonds. The van der Waals surface area contributed by atoms with Crippen LogP contribution >= 0.6 is 11.6 Å². The molecule has 0 aliphatic heterocycles. The van der Waals surface area contributed by atoms with Gasteiger partial charge in [-0.2, -0.15) is 0 Å². The zero-order valence-corrected chi connectivity index (χ0v) is 10.3. The lowest BCUT2D eigenvalue weighted by atomic mass is 10.1. The van der Waals surface area contributed by atoms with Crippen molar-refractivity contribution < 1.29 is 4.74 Å². The largest absolute Gasteiger partial charge is 0.379 e. The Kier molecular flexibility index (Phi) is 3.93. The topological polar surface area (TPSA) is 64.1 Å². The van der Waals surface area contributed by atoms with Crippen LogP contribution in [0.1, 0.15) is 20.3 Å². The molecule has 16 heavy (non-hydrogen) atoms. The average molecular weight is 247 g/mol. The molecule has 1 rings (SSSR count). The summed E-state index contributed by atoms with van der Waals surface area (Å²) in [5, 5.41) is 0.00910. The number of nitrogens with zero attached hydrogens (tertiary/aromatic N) is 1. The Morgan fingerprint density at radius 3 is 2.69 bits per heavy atom. The maximum Gasteiger partial charge on any atom is 0.328 e. The van der Waals surface area contributed by atoms with Gasteiger partial charge in [0.1, 0.15) is 5.02 Å². The molecular formula is C10H15ClN2O3. The first-order valence-corrected chi connectivity index (χ1v) is 5.28. The summed E-state index contributed by atoms with van der Waals surface area (Å²) in [5.74, 6) is 0. The minimum Gasteiger partial charge on any atom is -0.379 e. The molecule has 0 bridgehead atoms. The fourth-order valence-corrected chi connectivity index (χ4v) is 1.31. The van der Waals surface area contributed by atoms with E-state index in [4.69, 9.17) is 16.3 Å². The standard InChI is InChI=1S/C10H15ClN2O3/c1-10(2,16-3)4-5-13-6-7(11)8(14)12-9(13)15/h6H,4-5H2,1-3H3,(H,12,14,15). The molecule has 0 unspecified atom stereocenters.